The second-order valence-corrected chi connectivity index (χ2v) is 6.82. The van der Waals surface area contributed by atoms with Crippen molar-refractivity contribution in [1.82, 2.24) is 15.0 Å². The van der Waals surface area contributed by atoms with Crippen molar-refractivity contribution >= 4 is 16.9 Å². The maximum atomic E-state index is 12.3. The van der Waals surface area contributed by atoms with E-state index >= 15 is 0 Å². The molecule has 0 radical (unpaired) electrons. The molecule has 1 aromatic heterocycles. The third-order valence-electron chi connectivity index (χ3n) is 5.09. The standard InChI is InChI=1S/C18H23N3O4/c22-17(20-25-16-7-3-4-10-24-16)12-8-9-15-14(11-12)19-18(23)21(15)13-5-1-2-6-13/h8-9,11,13,16H,1-7,10H2,(H,19,23)(H,20,22)/t16-/m0/s1. The number of hydroxylamine groups is 1. The Kier molecular flexibility index (Phi) is 4.59. The van der Waals surface area contributed by atoms with Gasteiger partial charge in [0.2, 0.25) is 0 Å². The summed E-state index contributed by atoms with van der Waals surface area (Å²) in [6, 6.07) is 5.51. The van der Waals surface area contributed by atoms with E-state index in [1.165, 1.54) is 0 Å². The summed E-state index contributed by atoms with van der Waals surface area (Å²) in [5.74, 6) is -0.342. The van der Waals surface area contributed by atoms with Crippen molar-refractivity contribution in [1.29, 1.82) is 0 Å². The minimum absolute atomic E-state index is 0.105. The number of hydrogen-bond donors (Lipinski definition) is 2. The van der Waals surface area contributed by atoms with Gasteiger partial charge in [-0.1, -0.05) is 12.8 Å². The summed E-state index contributed by atoms with van der Waals surface area (Å²) in [7, 11) is 0. The number of carbonyl (C=O) groups is 1. The molecule has 2 heterocycles. The molecule has 1 amide bonds. The number of fused-ring (bicyclic) bond motifs is 1. The van der Waals surface area contributed by atoms with E-state index in [9.17, 15) is 9.59 Å². The monoisotopic (exact) mass is 345 g/mol. The third-order valence-corrected chi connectivity index (χ3v) is 5.09. The van der Waals surface area contributed by atoms with E-state index in [1.54, 1.807) is 12.1 Å². The molecular weight excluding hydrogens is 322 g/mol. The van der Waals surface area contributed by atoms with Crippen LogP contribution in [0.15, 0.2) is 23.0 Å². The Balaban J connectivity index is 1.50. The van der Waals surface area contributed by atoms with E-state index in [0.29, 0.717) is 17.7 Å². The number of imidazole rings is 1. The lowest BCUT2D eigenvalue weighted by atomic mass is 10.1. The van der Waals surface area contributed by atoms with Crippen molar-refractivity contribution in [3.8, 4) is 0 Å². The molecule has 7 heteroatoms. The minimum Gasteiger partial charge on any atom is -0.350 e. The van der Waals surface area contributed by atoms with Crippen molar-refractivity contribution in [3.63, 3.8) is 0 Å². The van der Waals surface area contributed by atoms with Crippen molar-refractivity contribution in [2.24, 2.45) is 0 Å². The molecule has 0 spiro atoms. The molecule has 2 fully saturated rings. The first-order chi connectivity index (χ1) is 12.2. The molecule has 1 saturated heterocycles. The lowest BCUT2D eigenvalue weighted by Gasteiger charge is -2.22. The van der Waals surface area contributed by atoms with Crippen molar-refractivity contribution in [2.75, 3.05) is 6.61 Å². The van der Waals surface area contributed by atoms with Gasteiger partial charge in [-0.15, -0.1) is 0 Å². The van der Waals surface area contributed by atoms with Crippen LogP contribution < -0.4 is 11.2 Å². The number of hydrogen-bond acceptors (Lipinski definition) is 4. The van der Waals surface area contributed by atoms with Crippen molar-refractivity contribution in [2.45, 2.75) is 57.3 Å². The Bertz CT molecular complexity index is 813. The summed E-state index contributed by atoms with van der Waals surface area (Å²) in [5, 5.41) is 0. The number of H-pyrrole nitrogens is 1. The van der Waals surface area contributed by atoms with Crippen LogP contribution in [0, 0.1) is 0 Å². The number of aromatic amines is 1. The van der Waals surface area contributed by atoms with Crippen LogP contribution in [0.5, 0.6) is 0 Å². The average molecular weight is 345 g/mol. The van der Waals surface area contributed by atoms with Crippen LogP contribution in [-0.2, 0) is 9.57 Å². The van der Waals surface area contributed by atoms with Gasteiger partial charge in [0, 0.05) is 24.6 Å². The molecule has 25 heavy (non-hydrogen) atoms. The molecule has 1 atom stereocenters. The highest BCUT2D eigenvalue weighted by Crippen LogP contribution is 2.30. The number of amides is 1. The van der Waals surface area contributed by atoms with Crippen LogP contribution in [0.25, 0.3) is 11.0 Å². The maximum absolute atomic E-state index is 12.3. The summed E-state index contributed by atoms with van der Waals surface area (Å²) in [4.78, 5) is 32.8. The van der Waals surface area contributed by atoms with Crippen LogP contribution in [0.4, 0.5) is 0 Å². The van der Waals surface area contributed by atoms with Gasteiger partial charge in [-0.25, -0.2) is 15.1 Å². The maximum Gasteiger partial charge on any atom is 0.326 e. The third kappa shape index (κ3) is 3.34. The van der Waals surface area contributed by atoms with E-state index in [1.807, 2.05) is 10.6 Å². The first kappa shape index (κ1) is 16.4. The van der Waals surface area contributed by atoms with Gasteiger partial charge in [-0.3, -0.25) is 9.36 Å². The van der Waals surface area contributed by atoms with Crippen LogP contribution in [0.1, 0.15) is 61.3 Å². The highest BCUT2D eigenvalue weighted by molar-refractivity contribution is 5.96. The van der Waals surface area contributed by atoms with Crippen LogP contribution in [-0.4, -0.2) is 28.4 Å². The number of rotatable bonds is 4. The van der Waals surface area contributed by atoms with E-state index in [0.717, 1.165) is 50.5 Å². The van der Waals surface area contributed by atoms with Gasteiger partial charge in [0.1, 0.15) is 0 Å². The Hall–Kier alpha value is -2.12. The zero-order valence-electron chi connectivity index (χ0n) is 14.1. The first-order valence-electron chi connectivity index (χ1n) is 9.04. The molecule has 4 rings (SSSR count). The number of ether oxygens (including phenoxy) is 1. The molecule has 2 aliphatic rings. The van der Waals surface area contributed by atoms with Crippen molar-refractivity contribution in [3.05, 3.63) is 34.2 Å². The zero-order chi connectivity index (χ0) is 17.2. The number of nitrogens with zero attached hydrogens (tertiary/aromatic N) is 1. The molecule has 0 unspecified atom stereocenters. The SMILES string of the molecule is O=C(NO[C@H]1CCCCO1)c1ccc2c(c1)[nH]c(=O)n2C1CCCC1. The Morgan fingerprint density at radius 2 is 2.00 bits per heavy atom. The topological polar surface area (TPSA) is 85.3 Å². The molecule has 1 aliphatic heterocycles. The van der Waals surface area contributed by atoms with Gasteiger partial charge >= 0.3 is 5.69 Å². The highest BCUT2D eigenvalue weighted by Gasteiger charge is 2.22. The summed E-state index contributed by atoms with van der Waals surface area (Å²) < 4.78 is 7.25. The molecule has 2 aromatic rings. The summed E-state index contributed by atoms with van der Waals surface area (Å²) >= 11 is 0. The Labute approximate surface area is 145 Å². The largest absolute Gasteiger partial charge is 0.350 e. The predicted molar refractivity (Wildman–Crippen MR) is 92.2 cm³/mol. The molecule has 134 valence electrons. The molecule has 1 aromatic carbocycles. The quantitative estimate of drug-likeness (QED) is 0.834. The van der Waals surface area contributed by atoms with Crippen molar-refractivity contribution < 1.29 is 14.4 Å². The molecule has 2 N–H and O–H groups in total. The fourth-order valence-corrected chi connectivity index (χ4v) is 3.78. The fourth-order valence-electron chi connectivity index (χ4n) is 3.78. The van der Waals surface area contributed by atoms with E-state index < -0.39 is 0 Å². The summed E-state index contributed by atoms with van der Waals surface area (Å²) in [6.07, 6.45) is 6.82. The van der Waals surface area contributed by atoms with Crippen LogP contribution >= 0.6 is 0 Å². The van der Waals surface area contributed by atoms with E-state index in [2.05, 4.69) is 10.5 Å². The van der Waals surface area contributed by atoms with Gasteiger partial charge in [-0.2, -0.15) is 0 Å². The molecule has 1 saturated carbocycles. The predicted octanol–water partition coefficient (Wildman–Crippen LogP) is 2.63. The molecular formula is C18H23N3O4. The average Bonchev–Trinajstić information content (AvgIpc) is 3.26. The normalized spacial score (nSPS) is 21.7. The van der Waals surface area contributed by atoms with Crippen LogP contribution in [0.2, 0.25) is 0 Å². The smallest absolute Gasteiger partial charge is 0.326 e. The summed E-state index contributed by atoms with van der Waals surface area (Å²) in [6.45, 7) is 0.655. The van der Waals surface area contributed by atoms with Gasteiger partial charge in [0.15, 0.2) is 6.29 Å². The lowest BCUT2D eigenvalue weighted by molar-refractivity contribution is -0.186. The van der Waals surface area contributed by atoms with Gasteiger partial charge in [0.05, 0.1) is 11.0 Å². The number of carbonyl (C=O) groups excluding carboxylic acids is 1. The number of benzene rings is 1. The molecule has 7 nitrogen and oxygen atoms in total. The minimum atomic E-state index is -0.385. The Morgan fingerprint density at radius 1 is 1.20 bits per heavy atom. The lowest BCUT2D eigenvalue weighted by Crippen LogP contribution is -2.33. The highest BCUT2D eigenvalue weighted by atomic mass is 16.8. The summed E-state index contributed by atoms with van der Waals surface area (Å²) in [5.41, 5.74) is 4.32. The fraction of sp³-hybridized carbons (Fsp3) is 0.556. The van der Waals surface area contributed by atoms with E-state index in [-0.39, 0.29) is 23.9 Å². The van der Waals surface area contributed by atoms with Gasteiger partial charge in [0.25, 0.3) is 5.91 Å². The van der Waals surface area contributed by atoms with Gasteiger partial charge in [-0.05, 0) is 43.9 Å². The first-order valence-corrected chi connectivity index (χ1v) is 9.04. The zero-order valence-corrected chi connectivity index (χ0v) is 14.1. The van der Waals surface area contributed by atoms with Crippen LogP contribution in [0.3, 0.4) is 0 Å². The second kappa shape index (κ2) is 7.01. The van der Waals surface area contributed by atoms with Gasteiger partial charge < -0.3 is 9.72 Å². The Morgan fingerprint density at radius 3 is 2.76 bits per heavy atom. The number of nitrogens with one attached hydrogen (secondary N) is 2. The number of aromatic nitrogens is 2. The second-order valence-electron chi connectivity index (χ2n) is 6.82. The van der Waals surface area contributed by atoms with E-state index in [4.69, 9.17) is 9.57 Å². The molecule has 1 aliphatic carbocycles. The molecule has 0 bridgehead atoms.